The molecule has 2 aromatic carbocycles. The van der Waals surface area contributed by atoms with E-state index in [1.165, 1.54) is 12.1 Å². The van der Waals surface area contributed by atoms with Crippen molar-refractivity contribution in [2.24, 2.45) is 5.73 Å². The number of fused-ring (bicyclic) bond motifs is 1. The van der Waals surface area contributed by atoms with Crippen molar-refractivity contribution < 1.29 is 9.18 Å². The van der Waals surface area contributed by atoms with Gasteiger partial charge in [0.25, 0.3) is 0 Å². The molecule has 0 aliphatic rings. The fraction of sp³-hybridized carbons (Fsp3) is 0.167. The predicted molar refractivity (Wildman–Crippen MR) is 115 cm³/mol. The second kappa shape index (κ2) is 8.47. The van der Waals surface area contributed by atoms with Crippen molar-refractivity contribution in [3.8, 4) is 0 Å². The molecule has 0 spiro atoms. The summed E-state index contributed by atoms with van der Waals surface area (Å²) in [5, 5.41) is 4.06. The number of hydrogen-bond donors (Lipinski definition) is 2. The van der Waals surface area contributed by atoms with Gasteiger partial charge in [-0.1, -0.05) is 42.5 Å². The van der Waals surface area contributed by atoms with E-state index in [2.05, 4.69) is 14.9 Å². The zero-order valence-corrected chi connectivity index (χ0v) is 16.6. The summed E-state index contributed by atoms with van der Waals surface area (Å²) >= 11 is 0. The van der Waals surface area contributed by atoms with E-state index in [0.29, 0.717) is 0 Å². The van der Waals surface area contributed by atoms with Crippen LogP contribution in [0, 0.1) is 5.82 Å². The highest BCUT2D eigenvalue weighted by Crippen LogP contribution is 2.31. The van der Waals surface area contributed by atoms with Gasteiger partial charge in [-0.25, -0.2) is 4.39 Å². The molecule has 1 amide bonds. The Morgan fingerprint density at radius 1 is 1.10 bits per heavy atom. The van der Waals surface area contributed by atoms with Gasteiger partial charge in [0.15, 0.2) is 0 Å². The number of pyridine rings is 1. The van der Waals surface area contributed by atoms with E-state index < -0.39 is 12.1 Å². The molecule has 0 radical (unpaired) electrons. The normalized spacial score (nSPS) is 13.2. The molecule has 4 rings (SSSR count). The number of aromatic nitrogens is 2. The van der Waals surface area contributed by atoms with Crippen LogP contribution in [0.2, 0.25) is 0 Å². The fourth-order valence-electron chi connectivity index (χ4n) is 3.70. The molecule has 152 valence electrons. The van der Waals surface area contributed by atoms with Crippen LogP contribution in [0.5, 0.6) is 0 Å². The minimum absolute atomic E-state index is 0.304. The Morgan fingerprint density at radius 2 is 1.83 bits per heavy atom. The van der Waals surface area contributed by atoms with E-state index >= 15 is 0 Å². The summed E-state index contributed by atoms with van der Waals surface area (Å²) in [5.41, 5.74) is 9.62. The number of aryl methyl sites for hydroxylation is 1. The van der Waals surface area contributed by atoms with E-state index in [9.17, 15) is 9.18 Å². The topological polar surface area (TPSA) is 72.9 Å². The summed E-state index contributed by atoms with van der Waals surface area (Å²) in [7, 11) is 0. The summed E-state index contributed by atoms with van der Waals surface area (Å²) in [5.74, 6) is -0.632. The molecular weight excluding hydrogens is 379 g/mol. The van der Waals surface area contributed by atoms with Gasteiger partial charge in [0.2, 0.25) is 5.91 Å². The van der Waals surface area contributed by atoms with Gasteiger partial charge in [-0.05, 0) is 36.2 Å². The Labute approximate surface area is 174 Å². The lowest BCUT2D eigenvalue weighted by atomic mass is 9.97. The van der Waals surface area contributed by atoms with E-state index in [4.69, 9.17) is 5.73 Å². The van der Waals surface area contributed by atoms with Crippen LogP contribution in [0.15, 0.2) is 79.3 Å². The smallest absolute Gasteiger partial charge is 0.242 e. The molecule has 3 N–H and O–H groups in total. The first-order valence-corrected chi connectivity index (χ1v) is 9.87. The van der Waals surface area contributed by atoms with Crippen LogP contribution in [0.25, 0.3) is 10.9 Å². The van der Waals surface area contributed by atoms with Crippen LogP contribution in [-0.4, -0.2) is 15.5 Å². The van der Waals surface area contributed by atoms with Crippen LogP contribution >= 0.6 is 0 Å². The molecule has 5 nitrogen and oxygen atoms in total. The van der Waals surface area contributed by atoms with Crippen molar-refractivity contribution in [1.82, 2.24) is 14.9 Å². The number of nitrogens with two attached hydrogens (primary N) is 1. The second-order valence-corrected chi connectivity index (χ2v) is 7.14. The first-order chi connectivity index (χ1) is 14.6. The summed E-state index contributed by atoms with van der Waals surface area (Å²) < 4.78 is 15.6. The SMILES string of the molecule is CCn1cc([C@@H](NC(=O)[C@@H](N)c2ccccc2)c2ccc(F)cc2)c2ccncc21. The van der Waals surface area contributed by atoms with Crippen LogP contribution in [0.3, 0.4) is 0 Å². The summed E-state index contributed by atoms with van der Waals surface area (Å²) in [4.78, 5) is 17.3. The standard InChI is InChI=1S/C24H23FN4O/c1-2-29-15-20(19-12-13-27-14-21(19)29)23(17-8-10-18(25)11-9-17)28-24(30)22(26)16-6-4-3-5-7-16/h3-15,22-23H,2,26H2,1H3,(H,28,30)/t22-,23-/m0/s1. The number of nitrogens with zero attached hydrogens (tertiary/aromatic N) is 2. The fourth-order valence-corrected chi connectivity index (χ4v) is 3.70. The average Bonchev–Trinajstić information content (AvgIpc) is 3.17. The number of hydrogen-bond acceptors (Lipinski definition) is 3. The highest BCUT2D eigenvalue weighted by Gasteiger charge is 2.25. The summed E-state index contributed by atoms with van der Waals surface area (Å²) in [6, 6.07) is 16.0. The molecule has 0 aliphatic heterocycles. The van der Waals surface area contributed by atoms with Crippen molar-refractivity contribution in [3.63, 3.8) is 0 Å². The Morgan fingerprint density at radius 3 is 2.53 bits per heavy atom. The van der Waals surface area contributed by atoms with Crippen molar-refractivity contribution in [2.45, 2.75) is 25.6 Å². The molecule has 0 aliphatic carbocycles. The van der Waals surface area contributed by atoms with Crippen LogP contribution in [0.4, 0.5) is 4.39 Å². The van der Waals surface area contributed by atoms with Gasteiger partial charge in [0.1, 0.15) is 11.9 Å². The first-order valence-electron chi connectivity index (χ1n) is 9.87. The third kappa shape index (κ3) is 3.82. The van der Waals surface area contributed by atoms with Gasteiger partial charge >= 0.3 is 0 Å². The maximum absolute atomic E-state index is 13.6. The van der Waals surface area contributed by atoms with E-state index in [0.717, 1.165) is 34.1 Å². The largest absolute Gasteiger partial charge is 0.346 e. The minimum atomic E-state index is -0.810. The molecule has 2 heterocycles. The van der Waals surface area contributed by atoms with Gasteiger partial charge in [-0.3, -0.25) is 9.78 Å². The van der Waals surface area contributed by atoms with Crippen LogP contribution < -0.4 is 11.1 Å². The number of carbonyl (C=O) groups is 1. The second-order valence-electron chi connectivity index (χ2n) is 7.14. The lowest BCUT2D eigenvalue weighted by Crippen LogP contribution is -2.37. The Kier molecular flexibility index (Phi) is 5.59. The van der Waals surface area contributed by atoms with Crippen LogP contribution in [-0.2, 0) is 11.3 Å². The zero-order valence-electron chi connectivity index (χ0n) is 16.6. The monoisotopic (exact) mass is 402 g/mol. The highest BCUT2D eigenvalue weighted by molar-refractivity contribution is 5.87. The molecule has 0 fully saturated rings. The van der Waals surface area contributed by atoms with Crippen molar-refractivity contribution >= 4 is 16.8 Å². The zero-order chi connectivity index (χ0) is 21.1. The number of halogens is 1. The quantitative estimate of drug-likeness (QED) is 0.510. The van der Waals surface area contributed by atoms with E-state index in [-0.39, 0.29) is 11.7 Å². The Bertz CT molecular complexity index is 1160. The maximum Gasteiger partial charge on any atom is 0.242 e. The number of rotatable bonds is 6. The molecule has 4 aromatic rings. The van der Waals surface area contributed by atoms with Gasteiger partial charge in [0.05, 0.1) is 17.8 Å². The number of carbonyl (C=O) groups excluding carboxylic acids is 1. The van der Waals surface area contributed by atoms with Gasteiger partial charge < -0.3 is 15.6 Å². The van der Waals surface area contributed by atoms with E-state index in [1.807, 2.05) is 55.7 Å². The molecule has 0 saturated heterocycles. The average molecular weight is 402 g/mol. The summed E-state index contributed by atoms with van der Waals surface area (Å²) in [6.07, 6.45) is 5.54. The van der Waals surface area contributed by atoms with Gasteiger partial charge in [0, 0.05) is 29.9 Å². The van der Waals surface area contributed by atoms with E-state index in [1.54, 1.807) is 18.3 Å². The molecule has 0 bridgehead atoms. The first kappa shape index (κ1) is 19.8. The molecule has 0 unspecified atom stereocenters. The molecule has 30 heavy (non-hydrogen) atoms. The molecular formula is C24H23FN4O. The third-order valence-electron chi connectivity index (χ3n) is 5.30. The molecule has 2 atom stereocenters. The predicted octanol–water partition coefficient (Wildman–Crippen LogP) is 4.10. The molecule has 6 heteroatoms. The van der Waals surface area contributed by atoms with Crippen molar-refractivity contribution in [2.75, 3.05) is 0 Å². The van der Waals surface area contributed by atoms with Gasteiger partial charge in [-0.2, -0.15) is 0 Å². The molecule has 2 aromatic heterocycles. The van der Waals surface area contributed by atoms with Crippen molar-refractivity contribution in [1.29, 1.82) is 0 Å². The Balaban J connectivity index is 1.76. The van der Waals surface area contributed by atoms with Gasteiger partial charge in [-0.15, -0.1) is 0 Å². The number of nitrogens with one attached hydrogen (secondary N) is 1. The number of amides is 1. The lowest BCUT2D eigenvalue weighted by Gasteiger charge is -2.22. The Hall–Kier alpha value is -3.51. The minimum Gasteiger partial charge on any atom is -0.346 e. The third-order valence-corrected chi connectivity index (χ3v) is 5.30. The number of benzene rings is 2. The maximum atomic E-state index is 13.6. The van der Waals surface area contributed by atoms with Crippen molar-refractivity contribution in [3.05, 3.63) is 102 Å². The molecule has 0 saturated carbocycles. The van der Waals surface area contributed by atoms with Crippen LogP contribution in [0.1, 0.15) is 35.7 Å². The lowest BCUT2D eigenvalue weighted by molar-refractivity contribution is -0.123. The summed E-state index contributed by atoms with van der Waals surface area (Å²) in [6.45, 7) is 2.81. The highest BCUT2D eigenvalue weighted by atomic mass is 19.1.